The first-order valence-corrected chi connectivity index (χ1v) is 7.65. The molecule has 3 heteroatoms. The highest BCUT2D eigenvalue weighted by molar-refractivity contribution is 5.41. The van der Waals surface area contributed by atoms with Crippen LogP contribution in [-0.4, -0.2) is 56.7 Å². The third-order valence-electron chi connectivity index (χ3n) is 4.37. The van der Waals surface area contributed by atoms with Gasteiger partial charge < -0.3 is 14.5 Å². The largest absolute Gasteiger partial charge is 0.496 e. The number of hydrogen-bond donors (Lipinski definition) is 0. The van der Waals surface area contributed by atoms with Crippen molar-refractivity contribution in [2.75, 3.05) is 46.9 Å². The van der Waals surface area contributed by atoms with Crippen LogP contribution in [0.5, 0.6) is 5.75 Å². The number of ether oxygens (including phenoxy) is 1. The lowest BCUT2D eigenvalue weighted by atomic mass is 10.0. The molecular weight excluding hydrogens is 248 g/mol. The number of aryl methyl sites for hydroxylation is 3. The van der Waals surface area contributed by atoms with E-state index in [4.69, 9.17) is 4.74 Å². The lowest BCUT2D eigenvalue weighted by molar-refractivity contribution is 0.153. The molecule has 0 amide bonds. The number of likely N-dealkylation sites (N-methyl/N-ethyl adjacent to an activating group) is 1. The molecule has 0 atom stereocenters. The Morgan fingerprint density at radius 2 is 1.75 bits per heavy atom. The van der Waals surface area contributed by atoms with E-state index in [1.54, 1.807) is 7.11 Å². The number of benzene rings is 1. The predicted octanol–water partition coefficient (Wildman–Crippen LogP) is 2.49. The molecule has 0 aliphatic carbocycles. The number of piperazine rings is 1. The monoisotopic (exact) mass is 276 g/mol. The van der Waals surface area contributed by atoms with Crippen LogP contribution in [0.25, 0.3) is 0 Å². The van der Waals surface area contributed by atoms with Crippen molar-refractivity contribution in [2.24, 2.45) is 0 Å². The van der Waals surface area contributed by atoms with Crippen LogP contribution in [-0.2, 0) is 6.42 Å². The summed E-state index contributed by atoms with van der Waals surface area (Å²) in [7, 11) is 3.95. The van der Waals surface area contributed by atoms with E-state index in [0.29, 0.717) is 0 Å². The lowest BCUT2D eigenvalue weighted by Crippen LogP contribution is -2.44. The second kappa shape index (κ2) is 7.09. The van der Waals surface area contributed by atoms with Gasteiger partial charge in [0.05, 0.1) is 7.11 Å². The summed E-state index contributed by atoms with van der Waals surface area (Å²) in [6.45, 7) is 10.4. The molecule has 1 aromatic rings. The summed E-state index contributed by atoms with van der Waals surface area (Å²) in [5, 5.41) is 0. The van der Waals surface area contributed by atoms with Crippen molar-refractivity contribution in [1.29, 1.82) is 0 Å². The summed E-state index contributed by atoms with van der Waals surface area (Å²) >= 11 is 0. The first-order chi connectivity index (χ1) is 9.60. The third-order valence-corrected chi connectivity index (χ3v) is 4.37. The Labute approximate surface area is 123 Å². The smallest absolute Gasteiger partial charge is 0.122 e. The first-order valence-electron chi connectivity index (χ1n) is 7.65. The quantitative estimate of drug-likeness (QED) is 0.822. The fraction of sp³-hybridized carbons (Fsp3) is 0.647. The molecule has 0 unspecified atom stereocenters. The molecular formula is C17H28N2O. The van der Waals surface area contributed by atoms with E-state index >= 15 is 0 Å². The van der Waals surface area contributed by atoms with Crippen LogP contribution in [0.2, 0.25) is 0 Å². The van der Waals surface area contributed by atoms with E-state index in [2.05, 4.69) is 42.8 Å². The summed E-state index contributed by atoms with van der Waals surface area (Å²) in [4.78, 5) is 5.00. The maximum Gasteiger partial charge on any atom is 0.122 e. The highest BCUT2D eigenvalue weighted by Gasteiger charge is 2.13. The van der Waals surface area contributed by atoms with Gasteiger partial charge in [-0.1, -0.05) is 6.07 Å². The molecule has 0 aromatic heterocycles. The molecule has 1 aromatic carbocycles. The highest BCUT2D eigenvalue weighted by Crippen LogP contribution is 2.23. The van der Waals surface area contributed by atoms with Crippen molar-refractivity contribution in [2.45, 2.75) is 26.7 Å². The van der Waals surface area contributed by atoms with Crippen LogP contribution in [0.1, 0.15) is 23.1 Å². The van der Waals surface area contributed by atoms with Crippen molar-refractivity contribution < 1.29 is 4.74 Å². The number of nitrogens with zero attached hydrogens (tertiary/aromatic N) is 2. The van der Waals surface area contributed by atoms with E-state index in [0.717, 1.165) is 5.75 Å². The van der Waals surface area contributed by atoms with Gasteiger partial charge in [0.15, 0.2) is 0 Å². The van der Waals surface area contributed by atoms with Gasteiger partial charge in [0.1, 0.15) is 5.75 Å². The van der Waals surface area contributed by atoms with Gasteiger partial charge in [-0.05, 0) is 63.0 Å². The Hall–Kier alpha value is -1.06. The van der Waals surface area contributed by atoms with Crippen molar-refractivity contribution in [3.8, 4) is 5.75 Å². The normalized spacial score (nSPS) is 17.4. The van der Waals surface area contributed by atoms with E-state index < -0.39 is 0 Å². The standard InChI is InChI=1S/C17H28N2O/c1-14-13-17(20-4)15(2)12-16(14)6-5-7-19-10-8-18(3)9-11-19/h12-13H,5-11H2,1-4H3. The molecule has 2 rings (SSSR count). The summed E-state index contributed by atoms with van der Waals surface area (Å²) in [6.07, 6.45) is 2.42. The molecule has 20 heavy (non-hydrogen) atoms. The Balaban J connectivity index is 1.83. The predicted molar refractivity (Wildman–Crippen MR) is 84.7 cm³/mol. The van der Waals surface area contributed by atoms with Crippen LogP contribution in [0.15, 0.2) is 12.1 Å². The Morgan fingerprint density at radius 3 is 2.40 bits per heavy atom. The SMILES string of the molecule is COc1cc(C)c(CCCN2CCN(C)CC2)cc1C. The molecule has 1 heterocycles. The molecule has 0 spiro atoms. The molecule has 1 saturated heterocycles. The maximum atomic E-state index is 5.38. The summed E-state index contributed by atoms with van der Waals surface area (Å²) in [5.41, 5.74) is 4.07. The zero-order chi connectivity index (χ0) is 14.5. The Bertz CT molecular complexity index is 437. The molecule has 0 saturated carbocycles. The van der Waals surface area contributed by atoms with Crippen LogP contribution >= 0.6 is 0 Å². The van der Waals surface area contributed by atoms with Crippen LogP contribution in [0.4, 0.5) is 0 Å². The minimum absolute atomic E-state index is 1.00. The first kappa shape index (κ1) is 15.3. The Morgan fingerprint density at radius 1 is 1.05 bits per heavy atom. The van der Waals surface area contributed by atoms with Gasteiger partial charge in [-0.25, -0.2) is 0 Å². The van der Waals surface area contributed by atoms with E-state index in [1.165, 1.54) is 62.3 Å². The van der Waals surface area contributed by atoms with Gasteiger partial charge in [0, 0.05) is 26.2 Å². The second-order valence-corrected chi connectivity index (χ2v) is 6.00. The zero-order valence-electron chi connectivity index (χ0n) is 13.4. The van der Waals surface area contributed by atoms with Crippen LogP contribution in [0.3, 0.4) is 0 Å². The molecule has 1 aliphatic heterocycles. The molecule has 1 aliphatic rings. The molecule has 0 radical (unpaired) electrons. The minimum Gasteiger partial charge on any atom is -0.496 e. The van der Waals surface area contributed by atoms with E-state index in [1.807, 2.05) is 0 Å². The molecule has 3 nitrogen and oxygen atoms in total. The maximum absolute atomic E-state index is 5.38. The van der Waals surface area contributed by atoms with Crippen molar-refractivity contribution in [3.05, 3.63) is 28.8 Å². The summed E-state index contributed by atoms with van der Waals surface area (Å²) < 4.78 is 5.38. The molecule has 0 bridgehead atoms. The molecule has 0 N–H and O–H groups in total. The van der Waals surface area contributed by atoms with E-state index in [-0.39, 0.29) is 0 Å². The molecule has 1 fully saturated rings. The lowest BCUT2D eigenvalue weighted by Gasteiger charge is -2.32. The second-order valence-electron chi connectivity index (χ2n) is 6.00. The third kappa shape index (κ3) is 3.97. The van der Waals surface area contributed by atoms with Gasteiger partial charge >= 0.3 is 0 Å². The number of rotatable bonds is 5. The molecule has 112 valence electrons. The van der Waals surface area contributed by atoms with Gasteiger partial charge in [-0.15, -0.1) is 0 Å². The van der Waals surface area contributed by atoms with Gasteiger partial charge in [-0.2, -0.15) is 0 Å². The van der Waals surface area contributed by atoms with Crippen molar-refractivity contribution >= 4 is 0 Å². The topological polar surface area (TPSA) is 15.7 Å². The number of methoxy groups -OCH3 is 1. The fourth-order valence-electron chi connectivity index (χ4n) is 2.90. The fourth-order valence-corrected chi connectivity index (χ4v) is 2.90. The van der Waals surface area contributed by atoms with Crippen LogP contribution < -0.4 is 4.74 Å². The van der Waals surface area contributed by atoms with Gasteiger partial charge in [0.25, 0.3) is 0 Å². The minimum atomic E-state index is 1.00. The summed E-state index contributed by atoms with van der Waals surface area (Å²) in [6, 6.07) is 4.46. The highest BCUT2D eigenvalue weighted by atomic mass is 16.5. The van der Waals surface area contributed by atoms with Gasteiger partial charge in [-0.3, -0.25) is 0 Å². The average Bonchev–Trinajstić information content (AvgIpc) is 2.44. The van der Waals surface area contributed by atoms with Crippen LogP contribution in [0, 0.1) is 13.8 Å². The number of hydrogen-bond acceptors (Lipinski definition) is 3. The van der Waals surface area contributed by atoms with Crippen molar-refractivity contribution in [1.82, 2.24) is 9.80 Å². The average molecular weight is 276 g/mol. The Kier molecular flexibility index (Phi) is 5.44. The van der Waals surface area contributed by atoms with E-state index in [9.17, 15) is 0 Å². The van der Waals surface area contributed by atoms with Gasteiger partial charge in [0.2, 0.25) is 0 Å². The summed E-state index contributed by atoms with van der Waals surface area (Å²) in [5.74, 6) is 1.00. The van der Waals surface area contributed by atoms with Crippen molar-refractivity contribution in [3.63, 3.8) is 0 Å². The zero-order valence-corrected chi connectivity index (χ0v) is 13.4.